The molecule has 1 aromatic carbocycles. The number of benzene rings is 1. The Bertz CT molecular complexity index is 525. The number of Topliss-reactive ketones (excluding diaryl/α,β-unsaturated/α-hetero) is 1. The third kappa shape index (κ3) is 5.14. The molecule has 1 aromatic rings. The second-order valence-electron chi connectivity index (χ2n) is 5.41. The summed E-state index contributed by atoms with van der Waals surface area (Å²) < 4.78 is 0. The van der Waals surface area contributed by atoms with Crippen molar-refractivity contribution in [1.82, 2.24) is 0 Å². The van der Waals surface area contributed by atoms with Gasteiger partial charge in [0.05, 0.1) is 4.92 Å². The highest BCUT2D eigenvalue weighted by molar-refractivity contribution is 6.21. The number of allylic oxidation sites excluding steroid dienone is 2. The van der Waals surface area contributed by atoms with Crippen LogP contribution in [0.3, 0.4) is 0 Å². The van der Waals surface area contributed by atoms with Crippen LogP contribution in [0.15, 0.2) is 29.8 Å². The van der Waals surface area contributed by atoms with Gasteiger partial charge in [-0.05, 0) is 38.0 Å². The monoisotopic (exact) mass is 289 g/mol. The van der Waals surface area contributed by atoms with Crippen molar-refractivity contribution < 1.29 is 9.72 Å². The molecule has 0 saturated heterocycles. The molecule has 0 aliphatic rings. The highest BCUT2D eigenvalue weighted by Crippen LogP contribution is 2.24. The van der Waals surface area contributed by atoms with Gasteiger partial charge in [0.15, 0.2) is 5.78 Å². The molecule has 0 aliphatic carbocycles. The lowest BCUT2D eigenvalue weighted by Crippen LogP contribution is -2.04. The number of carbonyl (C=O) groups is 1. The van der Waals surface area contributed by atoms with E-state index in [0.717, 1.165) is 36.8 Å². The Balaban J connectivity index is 2.85. The molecule has 0 fully saturated rings. The number of ketones is 1. The lowest BCUT2D eigenvalue weighted by molar-refractivity contribution is -0.384. The molecule has 4 heteroatoms. The van der Waals surface area contributed by atoms with Crippen molar-refractivity contribution in [3.05, 3.63) is 45.5 Å². The van der Waals surface area contributed by atoms with Gasteiger partial charge < -0.3 is 0 Å². The topological polar surface area (TPSA) is 60.2 Å². The summed E-state index contributed by atoms with van der Waals surface area (Å²) in [6.45, 7) is 5.95. The van der Waals surface area contributed by atoms with Gasteiger partial charge in [0.1, 0.15) is 0 Å². The third-order valence-electron chi connectivity index (χ3n) is 3.40. The van der Waals surface area contributed by atoms with Crippen LogP contribution in [0.5, 0.6) is 0 Å². The number of nitro benzene ring substituents is 1. The SMILES string of the molecule is CCCCCCC(=O)C(=C(C)C)c1ccc([N+](=O)[O-])cc1. The average Bonchev–Trinajstić information content (AvgIpc) is 2.44. The molecular formula is C17H23NO3. The van der Waals surface area contributed by atoms with Gasteiger partial charge >= 0.3 is 0 Å². The van der Waals surface area contributed by atoms with Crippen molar-refractivity contribution in [2.45, 2.75) is 52.9 Å². The minimum Gasteiger partial charge on any atom is -0.294 e. The molecule has 114 valence electrons. The fraction of sp³-hybridized carbons (Fsp3) is 0.471. The van der Waals surface area contributed by atoms with Crippen LogP contribution in [0, 0.1) is 10.1 Å². The van der Waals surface area contributed by atoms with E-state index in [9.17, 15) is 14.9 Å². The maximum absolute atomic E-state index is 12.4. The maximum Gasteiger partial charge on any atom is 0.269 e. The third-order valence-corrected chi connectivity index (χ3v) is 3.40. The zero-order valence-electron chi connectivity index (χ0n) is 13.0. The molecule has 0 radical (unpaired) electrons. The van der Waals surface area contributed by atoms with Crippen LogP contribution in [0.1, 0.15) is 58.4 Å². The van der Waals surface area contributed by atoms with Gasteiger partial charge in [0, 0.05) is 24.1 Å². The molecule has 0 aromatic heterocycles. The number of nitrogens with zero attached hydrogens (tertiary/aromatic N) is 1. The van der Waals surface area contributed by atoms with Gasteiger partial charge in [-0.1, -0.05) is 31.8 Å². The minimum absolute atomic E-state index is 0.0438. The summed E-state index contributed by atoms with van der Waals surface area (Å²) in [6.07, 6.45) is 4.80. The van der Waals surface area contributed by atoms with Crippen molar-refractivity contribution in [3.63, 3.8) is 0 Å². The molecule has 0 amide bonds. The first-order valence-corrected chi connectivity index (χ1v) is 7.42. The predicted molar refractivity (Wildman–Crippen MR) is 85.1 cm³/mol. The standard InChI is InChI=1S/C17H23NO3/c1-4-5-6-7-8-16(19)17(13(2)3)14-9-11-15(12-10-14)18(20)21/h9-12H,4-8H2,1-3H3. The van der Waals surface area contributed by atoms with Gasteiger partial charge in [-0.25, -0.2) is 0 Å². The molecule has 0 heterocycles. The number of non-ortho nitro benzene ring substituents is 1. The molecule has 21 heavy (non-hydrogen) atoms. The van der Waals surface area contributed by atoms with Crippen molar-refractivity contribution >= 4 is 17.0 Å². The Morgan fingerprint density at radius 2 is 1.71 bits per heavy atom. The van der Waals surface area contributed by atoms with Crippen LogP contribution in [0.2, 0.25) is 0 Å². The molecule has 0 saturated carbocycles. The number of rotatable bonds is 8. The van der Waals surface area contributed by atoms with E-state index in [2.05, 4.69) is 6.92 Å². The second kappa shape index (κ2) is 8.35. The van der Waals surface area contributed by atoms with Gasteiger partial charge in [0.2, 0.25) is 0 Å². The Labute approximate surface area is 126 Å². The van der Waals surface area contributed by atoms with Gasteiger partial charge in [-0.15, -0.1) is 0 Å². The summed E-state index contributed by atoms with van der Waals surface area (Å²) >= 11 is 0. The van der Waals surface area contributed by atoms with Crippen LogP contribution < -0.4 is 0 Å². The first kappa shape index (κ1) is 17.1. The van der Waals surface area contributed by atoms with Crippen LogP contribution in [0.4, 0.5) is 5.69 Å². The molecule has 0 bridgehead atoms. The summed E-state index contributed by atoms with van der Waals surface area (Å²) in [4.78, 5) is 22.6. The highest BCUT2D eigenvalue weighted by Gasteiger charge is 2.14. The number of hydrogen-bond donors (Lipinski definition) is 0. The van der Waals surface area contributed by atoms with Crippen LogP contribution in [0.25, 0.3) is 5.57 Å². The molecule has 0 N–H and O–H groups in total. The summed E-state index contributed by atoms with van der Waals surface area (Å²) in [5.41, 5.74) is 2.45. The molecule has 4 nitrogen and oxygen atoms in total. The average molecular weight is 289 g/mol. The normalized spacial score (nSPS) is 10.2. The Morgan fingerprint density at radius 1 is 1.10 bits per heavy atom. The van der Waals surface area contributed by atoms with E-state index < -0.39 is 4.92 Å². The molecule has 0 atom stereocenters. The lowest BCUT2D eigenvalue weighted by atomic mass is 9.94. The van der Waals surface area contributed by atoms with E-state index in [0.29, 0.717) is 12.0 Å². The Morgan fingerprint density at radius 3 is 2.19 bits per heavy atom. The van der Waals surface area contributed by atoms with Crippen molar-refractivity contribution in [3.8, 4) is 0 Å². The lowest BCUT2D eigenvalue weighted by Gasteiger charge is -2.09. The number of nitro groups is 1. The van der Waals surface area contributed by atoms with E-state index in [1.807, 2.05) is 13.8 Å². The quantitative estimate of drug-likeness (QED) is 0.295. The number of carbonyl (C=O) groups excluding carboxylic acids is 1. The summed E-state index contributed by atoms with van der Waals surface area (Å²) in [7, 11) is 0. The van der Waals surface area contributed by atoms with Gasteiger partial charge in [-0.3, -0.25) is 14.9 Å². The smallest absolute Gasteiger partial charge is 0.269 e. The molecule has 0 aliphatic heterocycles. The molecule has 0 unspecified atom stereocenters. The number of unbranched alkanes of at least 4 members (excludes halogenated alkanes) is 3. The van der Waals surface area contributed by atoms with Crippen LogP contribution >= 0.6 is 0 Å². The minimum atomic E-state index is -0.432. The largest absolute Gasteiger partial charge is 0.294 e. The molecular weight excluding hydrogens is 266 g/mol. The zero-order valence-corrected chi connectivity index (χ0v) is 13.0. The van der Waals surface area contributed by atoms with Crippen LogP contribution in [-0.4, -0.2) is 10.7 Å². The Kier molecular flexibility index (Phi) is 6.79. The summed E-state index contributed by atoms with van der Waals surface area (Å²) in [5.74, 6) is 0.125. The second-order valence-corrected chi connectivity index (χ2v) is 5.41. The van der Waals surface area contributed by atoms with E-state index in [1.54, 1.807) is 12.1 Å². The van der Waals surface area contributed by atoms with Crippen molar-refractivity contribution in [1.29, 1.82) is 0 Å². The highest BCUT2D eigenvalue weighted by atomic mass is 16.6. The van der Waals surface area contributed by atoms with E-state index in [-0.39, 0.29) is 11.5 Å². The fourth-order valence-corrected chi connectivity index (χ4v) is 2.32. The molecule has 1 rings (SSSR count). The van der Waals surface area contributed by atoms with E-state index in [4.69, 9.17) is 0 Å². The van der Waals surface area contributed by atoms with E-state index in [1.165, 1.54) is 12.1 Å². The molecule has 0 spiro atoms. The zero-order chi connectivity index (χ0) is 15.8. The van der Waals surface area contributed by atoms with Gasteiger partial charge in [-0.2, -0.15) is 0 Å². The first-order chi connectivity index (χ1) is 9.97. The Hall–Kier alpha value is -1.97. The van der Waals surface area contributed by atoms with Crippen molar-refractivity contribution in [2.24, 2.45) is 0 Å². The van der Waals surface area contributed by atoms with Crippen LogP contribution in [-0.2, 0) is 4.79 Å². The number of hydrogen-bond acceptors (Lipinski definition) is 3. The first-order valence-electron chi connectivity index (χ1n) is 7.42. The van der Waals surface area contributed by atoms with E-state index >= 15 is 0 Å². The fourth-order valence-electron chi connectivity index (χ4n) is 2.32. The predicted octanol–water partition coefficient (Wildman–Crippen LogP) is 4.93. The van der Waals surface area contributed by atoms with Crippen molar-refractivity contribution in [2.75, 3.05) is 0 Å². The summed E-state index contributed by atoms with van der Waals surface area (Å²) in [5, 5.41) is 10.7. The van der Waals surface area contributed by atoms with Gasteiger partial charge in [0.25, 0.3) is 5.69 Å². The maximum atomic E-state index is 12.4. The summed E-state index contributed by atoms with van der Waals surface area (Å²) in [6, 6.07) is 6.21.